The third kappa shape index (κ3) is 4.70. The topological polar surface area (TPSA) is 72.0 Å². The molecule has 2 heterocycles. The van der Waals surface area contributed by atoms with Crippen LogP contribution in [-0.2, 0) is 0 Å². The summed E-state index contributed by atoms with van der Waals surface area (Å²) in [5.74, 6) is 3.53. The highest BCUT2D eigenvalue weighted by Crippen LogP contribution is 2.20. The molecule has 20 heavy (non-hydrogen) atoms. The third-order valence-electron chi connectivity index (χ3n) is 2.88. The highest BCUT2D eigenvalue weighted by molar-refractivity contribution is 7.99. The molecule has 0 aromatic carbocycles. The van der Waals surface area contributed by atoms with Gasteiger partial charge in [-0.1, -0.05) is 6.92 Å². The molecule has 1 aliphatic heterocycles. The maximum Gasteiger partial charge on any atom is 0.323 e. The van der Waals surface area contributed by atoms with E-state index in [0.717, 1.165) is 18.7 Å². The summed E-state index contributed by atoms with van der Waals surface area (Å²) in [5.41, 5.74) is 0. The van der Waals surface area contributed by atoms with Crippen molar-refractivity contribution in [3.8, 4) is 6.01 Å². The smallest absolute Gasteiger partial charge is 0.323 e. The van der Waals surface area contributed by atoms with E-state index in [1.54, 1.807) is 0 Å². The van der Waals surface area contributed by atoms with Crippen molar-refractivity contribution in [2.24, 2.45) is 0 Å². The standard InChI is InChI=1S/C13H23N5OS/c1-3-7-19-13-17-11(14-4-2)16-12(18-13)15-10-6-5-8-20-9-10/h10H,3-9H2,1-2H3,(H2,14,15,16,17,18). The molecule has 1 aromatic heterocycles. The van der Waals surface area contributed by atoms with Crippen LogP contribution in [-0.4, -0.2) is 45.7 Å². The zero-order chi connectivity index (χ0) is 14.2. The number of nitrogens with one attached hydrogen (secondary N) is 2. The fourth-order valence-electron chi connectivity index (χ4n) is 1.95. The molecule has 6 nitrogen and oxygen atoms in total. The maximum absolute atomic E-state index is 5.52. The molecule has 0 aliphatic carbocycles. The van der Waals surface area contributed by atoms with Gasteiger partial charge in [0.25, 0.3) is 0 Å². The lowest BCUT2D eigenvalue weighted by Crippen LogP contribution is -2.27. The average Bonchev–Trinajstić information content (AvgIpc) is 2.46. The number of aromatic nitrogens is 3. The lowest BCUT2D eigenvalue weighted by molar-refractivity contribution is 0.292. The molecule has 2 rings (SSSR count). The summed E-state index contributed by atoms with van der Waals surface area (Å²) in [4.78, 5) is 13.0. The van der Waals surface area contributed by atoms with Crippen LogP contribution in [0.3, 0.4) is 0 Å². The average molecular weight is 297 g/mol. The van der Waals surface area contributed by atoms with Gasteiger partial charge in [0.1, 0.15) is 0 Å². The van der Waals surface area contributed by atoms with Crippen LogP contribution < -0.4 is 15.4 Å². The molecule has 7 heteroatoms. The van der Waals surface area contributed by atoms with Gasteiger partial charge in [-0.3, -0.25) is 0 Å². The van der Waals surface area contributed by atoms with Gasteiger partial charge in [-0.15, -0.1) is 0 Å². The number of hydrogen-bond acceptors (Lipinski definition) is 7. The van der Waals surface area contributed by atoms with Crippen LogP contribution in [0.5, 0.6) is 6.01 Å². The monoisotopic (exact) mass is 297 g/mol. The minimum Gasteiger partial charge on any atom is -0.463 e. The third-order valence-corrected chi connectivity index (χ3v) is 4.09. The van der Waals surface area contributed by atoms with Gasteiger partial charge >= 0.3 is 6.01 Å². The molecule has 0 amide bonds. The molecule has 112 valence electrons. The number of rotatable bonds is 7. The normalized spacial score (nSPS) is 18.6. The predicted molar refractivity (Wildman–Crippen MR) is 83.7 cm³/mol. The summed E-state index contributed by atoms with van der Waals surface area (Å²) >= 11 is 1.97. The molecular formula is C13H23N5OS. The first-order valence-electron chi connectivity index (χ1n) is 7.28. The van der Waals surface area contributed by atoms with Gasteiger partial charge < -0.3 is 15.4 Å². The SMILES string of the molecule is CCCOc1nc(NCC)nc(NC2CCCSC2)n1. The van der Waals surface area contributed by atoms with Gasteiger partial charge in [0.2, 0.25) is 11.9 Å². The van der Waals surface area contributed by atoms with Crippen molar-refractivity contribution in [2.75, 3.05) is 35.3 Å². The van der Waals surface area contributed by atoms with Crippen molar-refractivity contribution in [2.45, 2.75) is 39.2 Å². The second-order valence-corrected chi connectivity index (χ2v) is 5.85. The quantitative estimate of drug-likeness (QED) is 0.800. The highest BCUT2D eigenvalue weighted by Gasteiger charge is 2.16. The minimum atomic E-state index is 0.392. The molecule has 2 N–H and O–H groups in total. The Kier molecular flexibility index (Phi) is 6.17. The molecule has 1 unspecified atom stereocenters. The van der Waals surface area contributed by atoms with Crippen molar-refractivity contribution in [1.29, 1.82) is 0 Å². The first-order chi connectivity index (χ1) is 9.81. The Labute approximate surface area is 124 Å². The number of hydrogen-bond donors (Lipinski definition) is 2. The van der Waals surface area contributed by atoms with Gasteiger partial charge in [-0.2, -0.15) is 26.7 Å². The Morgan fingerprint density at radius 1 is 1.25 bits per heavy atom. The van der Waals surface area contributed by atoms with E-state index < -0.39 is 0 Å². The molecule has 1 atom stereocenters. The molecule has 0 bridgehead atoms. The van der Waals surface area contributed by atoms with E-state index >= 15 is 0 Å². The van der Waals surface area contributed by atoms with Crippen molar-refractivity contribution in [3.63, 3.8) is 0 Å². The van der Waals surface area contributed by atoms with E-state index in [0.29, 0.717) is 30.6 Å². The zero-order valence-electron chi connectivity index (χ0n) is 12.2. The first kappa shape index (κ1) is 15.2. The van der Waals surface area contributed by atoms with Crippen LogP contribution in [0.25, 0.3) is 0 Å². The van der Waals surface area contributed by atoms with Gasteiger partial charge in [-0.05, 0) is 31.9 Å². The summed E-state index contributed by atoms with van der Waals surface area (Å²) < 4.78 is 5.52. The van der Waals surface area contributed by atoms with Crippen LogP contribution in [0.1, 0.15) is 33.1 Å². The molecule has 0 radical (unpaired) electrons. The molecule has 1 aromatic rings. The van der Waals surface area contributed by atoms with E-state index in [-0.39, 0.29) is 0 Å². The lowest BCUT2D eigenvalue weighted by atomic mass is 10.2. The molecule has 1 aliphatic rings. The van der Waals surface area contributed by atoms with Crippen molar-refractivity contribution in [3.05, 3.63) is 0 Å². The van der Waals surface area contributed by atoms with Crippen LogP contribution in [0, 0.1) is 0 Å². The number of anilines is 2. The Balaban J connectivity index is 2.06. The second-order valence-electron chi connectivity index (χ2n) is 4.70. The largest absolute Gasteiger partial charge is 0.463 e. The fourth-order valence-corrected chi connectivity index (χ4v) is 3.03. The zero-order valence-corrected chi connectivity index (χ0v) is 13.0. The fraction of sp³-hybridized carbons (Fsp3) is 0.769. The Morgan fingerprint density at radius 2 is 2.10 bits per heavy atom. The summed E-state index contributed by atoms with van der Waals surface area (Å²) in [6, 6.07) is 0.827. The van der Waals surface area contributed by atoms with Crippen molar-refractivity contribution >= 4 is 23.7 Å². The van der Waals surface area contributed by atoms with Crippen LogP contribution in [0.4, 0.5) is 11.9 Å². The number of nitrogens with zero attached hydrogens (tertiary/aromatic N) is 3. The summed E-state index contributed by atoms with van der Waals surface area (Å²) in [7, 11) is 0. The maximum atomic E-state index is 5.52. The molecule has 1 fully saturated rings. The predicted octanol–water partition coefficient (Wildman–Crippen LogP) is 2.40. The van der Waals surface area contributed by atoms with Crippen LogP contribution in [0.2, 0.25) is 0 Å². The van der Waals surface area contributed by atoms with E-state index in [4.69, 9.17) is 4.74 Å². The lowest BCUT2D eigenvalue weighted by Gasteiger charge is -2.22. The molecular weight excluding hydrogens is 274 g/mol. The molecule has 1 saturated heterocycles. The van der Waals surface area contributed by atoms with Gasteiger partial charge in [0.15, 0.2) is 0 Å². The number of thioether (sulfide) groups is 1. The van der Waals surface area contributed by atoms with E-state index in [9.17, 15) is 0 Å². The van der Waals surface area contributed by atoms with Crippen LogP contribution in [0.15, 0.2) is 0 Å². The Hall–Kier alpha value is -1.24. The summed E-state index contributed by atoms with van der Waals surface area (Å²) in [5, 5.41) is 6.51. The van der Waals surface area contributed by atoms with Gasteiger partial charge in [-0.25, -0.2) is 0 Å². The molecule has 0 spiro atoms. The Bertz CT molecular complexity index is 412. The highest BCUT2D eigenvalue weighted by atomic mass is 32.2. The number of ether oxygens (including phenoxy) is 1. The Morgan fingerprint density at radius 3 is 2.80 bits per heavy atom. The second kappa shape index (κ2) is 8.14. The van der Waals surface area contributed by atoms with E-state index in [2.05, 4.69) is 32.5 Å². The minimum absolute atomic E-state index is 0.392. The van der Waals surface area contributed by atoms with Gasteiger partial charge in [0.05, 0.1) is 6.61 Å². The van der Waals surface area contributed by atoms with Crippen molar-refractivity contribution in [1.82, 2.24) is 15.0 Å². The van der Waals surface area contributed by atoms with Crippen LogP contribution >= 0.6 is 11.8 Å². The first-order valence-corrected chi connectivity index (χ1v) is 8.44. The summed E-state index contributed by atoms with van der Waals surface area (Å²) in [6.45, 7) is 5.47. The van der Waals surface area contributed by atoms with E-state index in [1.165, 1.54) is 18.6 Å². The van der Waals surface area contributed by atoms with E-state index in [1.807, 2.05) is 18.7 Å². The molecule has 0 saturated carbocycles. The summed E-state index contributed by atoms with van der Waals surface area (Å²) in [6.07, 6.45) is 3.34. The van der Waals surface area contributed by atoms with Crippen molar-refractivity contribution < 1.29 is 4.74 Å². The van der Waals surface area contributed by atoms with Gasteiger partial charge in [0, 0.05) is 18.3 Å².